The van der Waals surface area contributed by atoms with Gasteiger partial charge in [-0.25, -0.2) is 4.98 Å². The molecule has 6 nitrogen and oxygen atoms in total. The zero-order valence-electron chi connectivity index (χ0n) is 18.7. The summed E-state index contributed by atoms with van der Waals surface area (Å²) in [6, 6.07) is 17.2. The molecule has 1 saturated carbocycles. The monoisotopic (exact) mass is 462 g/mol. The van der Waals surface area contributed by atoms with E-state index in [0.717, 1.165) is 48.5 Å². The van der Waals surface area contributed by atoms with E-state index in [-0.39, 0.29) is 11.7 Å². The number of piperazine rings is 1. The van der Waals surface area contributed by atoms with Crippen molar-refractivity contribution in [3.05, 3.63) is 60.2 Å². The first-order chi connectivity index (χ1) is 16.2. The number of carbonyl (C=O) groups is 1. The number of thiazole rings is 1. The van der Waals surface area contributed by atoms with Gasteiger partial charge >= 0.3 is 0 Å². The van der Waals surface area contributed by atoms with Gasteiger partial charge in [-0.15, -0.1) is 0 Å². The van der Waals surface area contributed by atoms with Crippen LogP contribution in [-0.4, -0.2) is 53.1 Å². The molecular weight excluding hydrogens is 432 g/mol. The second kappa shape index (κ2) is 9.93. The molecule has 1 aliphatic heterocycles. The molecule has 2 fully saturated rings. The molecule has 1 aliphatic carbocycles. The molecule has 0 radical (unpaired) electrons. The van der Waals surface area contributed by atoms with Crippen molar-refractivity contribution in [3.8, 4) is 17.0 Å². The van der Waals surface area contributed by atoms with Crippen LogP contribution in [0.4, 0.5) is 10.1 Å². The summed E-state index contributed by atoms with van der Waals surface area (Å²) in [4.78, 5) is 22.7. The maximum Gasteiger partial charge on any atom is 0.257 e. The highest BCUT2D eigenvalue weighted by Gasteiger charge is 2.28. The number of rotatable bonds is 5. The van der Waals surface area contributed by atoms with Crippen molar-refractivity contribution in [3.63, 3.8) is 0 Å². The molecule has 2 N–H and O–H groups in total. The number of carbonyl (C=O) groups excluding carboxylic acids is 1. The lowest BCUT2D eigenvalue weighted by atomic mass is 9.94. The molecule has 172 valence electrons. The van der Waals surface area contributed by atoms with Gasteiger partial charge in [0.2, 0.25) is 0 Å². The first-order valence-electron chi connectivity index (χ1n) is 11.8. The van der Waals surface area contributed by atoms with Crippen LogP contribution in [0.5, 0.6) is 5.75 Å². The molecule has 1 amide bonds. The summed E-state index contributed by atoms with van der Waals surface area (Å²) < 4.78 is 0. The van der Waals surface area contributed by atoms with E-state index < -0.39 is 0 Å². The van der Waals surface area contributed by atoms with Crippen LogP contribution in [0.25, 0.3) is 11.3 Å². The number of hydrogen-bond donors (Lipinski definition) is 2. The number of nitrogens with one attached hydrogen (secondary N) is 1. The minimum absolute atomic E-state index is 0.141. The smallest absolute Gasteiger partial charge is 0.257 e. The predicted molar refractivity (Wildman–Crippen MR) is 134 cm³/mol. The number of anilines is 2. The lowest BCUT2D eigenvalue weighted by Gasteiger charge is -2.41. The Morgan fingerprint density at radius 2 is 1.64 bits per heavy atom. The van der Waals surface area contributed by atoms with E-state index in [1.54, 1.807) is 12.1 Å². The zero-order valence-corrected chi connectivity index (χ0v) is 19.6. The summed E-state index contributed by atoms with van der Waals surface area (Å²) >= 11 is 1.54. The van der Waals surface area contributed by atoms with Crippen molar-refractivity contribution >= 4 is 27.4 Å². The molecule has 2 heterocycles. The summed E-state index contributed by atoms with van der Waals surface area (Å²) in [6.07, 6.45) is 6.78. The first kappa shape index (κ1) is 21.9. The number of amides is 1. The molecule has 0 unspecified atom stereocenters. The van der Waals surface area contributed by atoms with Crippen molar-refractivity contribution in [2.24, 2.45) is 0 Å². The van der Waals surface area contributed by atoms with E-state index in [9.17, 15) is 9.90 Å². The van der Waals surface area contributed by atoms with Gasteiger partial charge in [0.15, 0.2) is 5.13 Å². The minimum atomic E-state index is -0.225. The minimum Gasteiger partial charge on any atom is -0.508 e. The quantitative estimate of drug-likeness (QED) is 0.544. The van der Waals surface area contributed by atoms with Crippen LogP contribution in [-0.2, 0) is 0 Å². The van der Waals surface area contributed by atoms with E-state index in [0.29, 0.717) is 10.7 Å². The van der Waals surface area contributed by atoms with Gasteiger partial charge in [-0.3, -0.25) is 15.0 Å². The topological polar surface area (TPSA) is 68.7 Å². The Kier molecular flexibility index (Phi) is 6.60. The molecule has 0 atom stereocenters. The van der Waals surface area contributed by atoms with Crippen LogP contribution in [0.3, 0.4) is 0 Å². The Labute approximate surface area is 198 Å². The second-order valence-corrected chi connectivity index (χ2v) is 9.83. The van der Waals surface area contributed by atoms with Gasteiger partial charge < -0.3 is 10.0 Å². The van der Waals surface area contributed by atoms with Gasteiger partial charge in [0.25, 0.3) is 5.91 Å². The van der Waals surface area contributed by atoms with E-state index in [1.807, 2.05) is 18.2 Å². The van der Waals surface area contributed by atoms with Gasteiger partial charge in [0.05, 0.1) is 0 Å². The maximum atomic E-state index is 12.7. The largest absolute Gasteiger partial charge is 0.508 e. The van der Waals surface area contributed by atoms with Crippen molar-refractivity contribution in [2.45, 2.75) is 38.1 Å². The van der Waals surface area contributed by atoms with E-state index in [1.165, 1.54) is 55.6 Å². The van der Waals surface area contributed by atoms with Crippen LogP contribution in [0, 0.1) is 0 Å². The summed E-state index contributed by atoms with van der Waals surface area (Å²) in [5.74, 6) is -0.0844. The number of hydrogen-bond acceptors (Lipinski definition) is 6. The number of phenols is 1. The summed E-state index contributed by atoms with van der Waals surface area (Å²) in [5, 5.41) is 14.2. The van der Waals surface area contributed by atoms with Crippen LogP contribution in [0.2, 0.25) is 0 Å². The van der Waals surface area contributed by atoms with Crippen LogP contribution >= 0.6 is 11.3 Å². The SMILES string of the molecule is O=C(Nc1nc(-c2ccccc2)c(N2CCN(C3CCCCC3)CC2)s1)c1ccc(O)cc1. The van der Waals surface area contributed by atoms with Crippen LogP contribution in [0.15, 0.2) is 54.6 Å². The predicted octanol–water partition coefficient (Wildman–Crippen LogP) is 5.22. The second-order valence-electron chi connectivity index (χ2n) is 8.85. The third kappa shape index (κ3) is 5.04. The molecule has 1 saturated heterocycles. The third-order valence-corrected chi connectivity index (χ3v) is 7.73. The molecule has 1 aromatic heterocycles. The number of benzene rings is 2. The fraction of sp³-hybridized carbons (Fsp3) is 0.385. The summed E-state index contributed by atoms with van der Waals surface area (Å²) in [7, 11) is 0. The highest BCUT2D eigenvalue weighted by molar-refractivity contribution is 7.20. The Hall–Kier alpha value is -2.90. The highest BCUT2D eigenvalue weighted by Crippen LogP contribution is 2.39. The zero-order chi connectivity index (χ0) is 22.6. The number of aromatic nitrogens is 1. The highest BCUT2D eigenvalue weighted by atomic mass is 32.1. The van der Waals surface area contributed by atoms with Gasteiger partial charge in [-0.05, 0) is 37.1 Å². The Bertz CT molecular complexity index is 1070. The van der Waals surface area contributed by atoms with Gasteiger partial charge in [-0.2, -0.15) is 0 Å². The average Bonchev–Trinajstić information content (AvgIpc) is 3.29. The fourth-order valence-corrected chi connectivity index (χ4v) is 5.92. The summed E-state index contributed by atoms with van der Waals surface area (Å²) in [5.41, 5.74) is 2.48. The molecule has 0 bridgehead atoms. The summed E-state index contributed by atoms with van der Waals surface area (Å²) in [6.45, 7) is 4.10. The lowest BCUT2D eigenvalue weighted by Crippen LogP contribution is -2.50. The molecule has 33 heavy (non-hydrogen) atoms. The fourth-order valence-electron chi connectivity index (χ4n) is 4.88. The van der Waals surface area contributed by atoms with Gasteiger partial charge in [0, 0.05) is 43.3 Å². The van der Waals surface area contributed by atoms with Gasteiger partial charge in [0.1, 0.15) is 16.4 Å². The molecular formula is C26H30N4O2S. The molecule has 3 aromatic rings. The molecule has 5 rings (SSSR count). The Balaban J connectivity index is 1.35. The lowest BCUT2D eigenvalue weighted by molar-refractivity contribution is 0.102. The van der Waals surface area contributed by atoms with Gasteiger partial charge in [-0.1, -0.05) is 60.9 Å². The number of aromatic hydroxyl groups is 1. The Morgan fingerprint density at radius 3 is 2.33 bits per heavy atom. The number of nitrogens with zero attached hydrogens (tertiary/aromatic N) is 3. The average molecular weight is 463 g/mol. The molecule has 2 aliphatic rings. The number of phenolic OH excluding ortho intramolecular Hbond substituents is 1. The maximum absolute atomic E-state index is 12.7. The molecule has 0 spiro atoms. The van der Waals surface area contributed by atoms with Crippen LogP contribution in [0.1, 0.15) is 42.5 Å². The normalized spacial score (nSPS) is 17.8. The standard InChI is InChI=1S/C26H30N4O2S/c31-22-13-11-20(12-14-22)24(32)28-26-27-23(19-7-3-1-4-8-19)25(33-26)30-17-15-29(16-18-30)21-9-5-2-6-10-21/h1,3-4,7-8,11-14,21,31H,2,5-6,9-10,15-18H2,(H,27,28,32). The molecule has 7 heteroatoms. The molecule has 2 aromatic carbocycles. The van der Waals surface area contributed by atoms with Crippen molar-refractivity contribution in [1.82, 2.24) is 9.88 Å². The van der Waals surface area contributed by atoms with Crippen molar-refractivity contribution in [2.75, 3.05) is 36.4 Å². The van der Waals surface area contributed by atoms with E-state index in [4.69, 9.17) is 4.98 Å². The van der Waals surface area contributed by atoms with Crippen molar-refractivity contribution < 1.29 is 9.90 Å². The third-order valence-electron chi connectivity index (χ3n) is 6.70. The Morgan fingerprint density at radius 1 is 0.939 bits per heavy atom. The van der Waals surface area contributed by atoms with Crippen molar-refractivity contribution in [1.29, 1.82) is 0 Å². The first-order valence-corrected chi connectivity index (χ1v) is 12.6. The van der Waals surface area contributed by atoms with Crippen LogP contribution < -0.4 is 10.2 Å². The van der Waals surface area contributed by atoms with E-state index in [2.05, 4.69) is 27.2 Å². The van der Waals surface area contributed by atoms with E-state index >= 15 is 0 Å².